The lowest BCUT2D eigenvalue weighted by Gasteiger charge is -2.36. The Morgan fingerprint density at radius 1 is 0.884 bits per heavy atom. The van der Waals surface area contributed by atoms with Crippen molar-refractivity contribution >= 4 is 17.8 Å². The minimum atomic E-state index is -0.654. The number of hydrogen-bond donors (Lipinski definition) is 2. The maximum Gasteiger partial charge on any atom is 0.309 e. The van der Waals surface area contributed by atoms with Gasteiger partial charge in [0.2, 0.25) is 11.8 Å². The quantitative estimate of drug-likeness (QED) is 0.318. The number of esters is 1. The van der Waals surface area contributed by atoms with Crippen molar-refractivity contribution in [1.82, 2.24) is 10.2 Å². The van der Waals surface area contributed by atoms with Crippen LogP contribution in [0, 0.1) is 11.8 Å². The number of rotatable bonds is 6. The van der Waals surface area contributed by atoms with Crippen LogP contribution in [0.5, 0.6) is 0 Å². The van der Waals surface area contributed by atoms with Gasteiger partial charge >= 0.3 is 5.97 Å². The zero-order chi connectivity index (χ0) is 30.0. The molecule has 0 spiro atoms. The lowest BCUT2D eigenvalue weighted by molar-refractivity contribution is -0.155. The first-order valence-corrected chi connectivity index (χ1v) is 15.2. The molecule has 0 aliphatic carbocycles. The molecule has 7 nitrogen and oxygen atoms in total. The minimum Gasteiger partial charge on any atom is -0.455 e. The fourth-order valence-corrected chi connectivity index (χ4v) is 6.00. The molecule has 0 aromatic heterocycles. The molecule has 0 fully saturated rings. The van der Waals surface area contributed by atoms with Crippen LogP contribution in [-0.2, 0) is 38.5 Å². The van der Waals surface area contributed by atoms with E-state index in [0.717, 1.165) is 22.3 Å². The summed E-state index contributed by atoms with van der Waals surface area (Å²) in [6.45, 7) is 0.391. The van der Waals surface area contributed by atoms with E-state index in [4.69, 9.17) is 4.74 Å². The average Bonchev–Trinajstić information content (AvgIpc) is 3.05. The van der Waals surface area contributed by atoms with Crippen LogP contribution in [0.15, 0.2) is 97.1 Å². The number of amides is 2. The Morgan fingerprint density at radius 3 is 2.33 bits per heavy atom. The lowest BCUT2D eigenvalue weighted by atomic mass is 9.92. The second kappa shape index (κ2) is 14.8. The molecule has 2 amide bonds. The van der Waals surface area contributed by atoms with Gasteiger partial charge in [0.15, 0.2) is 0 Å². The Bertz CT molecular complexity index is 1410. The number of carbonyl (C=O) groups is 3. The van der Waals surface area contributed by atoms with Crippen molar-refractivity contribution in [1.29, 1.82) is 0 Å². The van der Waals surface area contributed by atoms with Crippen molar-refractivity contribution in [3.8, 4) is 0 Å². The molecule has 0 saturated carbocycles. The number of nitrogens with one attached hydrogen (secondary N) is 1. The van der Waals surface area contributed by atoms with Crippen molar-refractivity contribution in [2.45, 2.75) is 57.2 Å². The molecule has 0 radical (unpaired) electrons. The van der Waals surface area contributed by atoms with Gasteiger partial charge < -0.3 is 20.1 Å². The van der Waals surface area contributed by atoms with E-state index in [1.807, 2.05) is 97.1 Å². The first-order valence-electron chi connectivity index (χ1n) is 15.2. The summed E-state index contributed by atoms with van der Waals surface area (Å²) in [5, 5.41) is 13.1. The topological polar surface area (TPSA) is 95.9 Å². The maximum atomic E-state index is 13.6. The number of cyclic esters (lactones) is 1. The highest BCUT2D eigenvalue weighted by Crippen LogP contribution is 2.27. The molecule has 2 N–H and O–H groups in total. The number of fused-ring (bicyclic) bond motifs is 1. The van der Waals surface area contributed by atoms with Gasteiger partial charge in [-0.25, -0.2) is 0 Å². The fourth-order valence-electron chi connectivity index (χ4n) is 6.00. The Morgan fingerprint density at radius 2 is 1.58 bits per heavy atom. The van der Waals surface area contributed by atoms with E-state index in [-0.39, 0.29) is 49.3 Å². The minimum absolute atomic E-state index is 0.0290. The lowest BCUT2D eigenvalue weighted by Crippen LogP contribution is -2.47. The standard InChI is InChI=1S/C36H40N2O5/c39-25-32-21-28-16-10-11-19-31(28)24-38(32)34(40)22-29-17-8-3-9-18-30(20-26-12-4-1-5-13-26)36(42)43-33(23-37-35(29)41)27-14-6-2-7-15-27/h1-8,10-16,19,29-30,32-33,39H,9,17-18,20-25H2,(H,37,41). The molecule has 2 heterocycles. The zero-order valence-electron chi connectivity index (χ0n) is 24.4. The van der Waals surface area contributed by atoms with Gasteiger partial charge in [-0.3, -0.25) is 14.4 Å². The third-order valence-corrected chi connectivity index (χ3v) is 8.50. The second-order valence-corrected chi connectivity index (χ2v) is 11.5. The molecule has 5 rings (SSSR count). The summed E-state index contributed by atoms with van der Waals surface area (Å²) in [6.07, 6.45) is 6.15. The number of nitrogens with zero attached hydrogens (tertiary/aromatic N) is 1. The highest BCUT2D eigenvalue weighted by Gasteiger charge is 2.32. The number of hydrogen-bond acceptors (Lipinski definition) is 5. The Labute approximate surface area is 253 Å². The van der Waals surface area contributed by atoms with Gasteiger partial charge in [0, 0.05) is 13.0 Å². The number of carbonyl (C=O) groups excluding carboxylic acids is 3. The van der Waals surface area contributed by atoms with Crippen LogP contribution in [0.2, 0.25) is 0 Å². The first kappa shape index (κ1) is 30.2. The van der Waals surface area contributed by atoms with Crippen molar-refractivity contribution in [3.05, 3.63) is 119 Å². The summed E-state index contributed by atoms with van der Waals surface area (Å²) in [4.78, 5) is 42.3. The number of aliphatic hydroxyl groups is 1. The molecule has 2 aliphatic heterocycles. The van der Waals surface area contributed by atoms with E-state index in [9.17, 15) is 19.5 Å². The monoisotopic (exact) mass is 580 g/mol. The molecule has 4 atom stereocenters. The Kier molecular flexibility index (Phi) is 10.4. The maximum absolute atomic E-state index is 13.6. The largest absolute Gasteiger partial charge is 0.455 e. The number of benzene rings is 3. The molecule has 4 unspecified atom stereocenters. The molecule has 7 heteroatoms. The van der Waals surface area contributed by atoms with Gasteiger partial charge in [0.05, 0.1) is 31.0 Å². The summed E-state index contributed by atoms with van der Waals surface area (Å²) >= 11 is 0. The van der Waals surface area contributed by atoms with Gasteiger partial charge in [0.25, 0.3) is 0 Å². The van der Waals surface area contributed by atoms with E-state index in [1.54, 1.807) is 4.90 Å². The van der Waals surface area contributed by atoms with Gasteiger partial charge in [-0.2, -0.15) is 0 Å². The normalized spacial score (nSPS) is 23.1. The molecule has 0 saturated heterocycles. The third-order valence-electron chi connectivity index (χ3n) is 8.50. The zero-order valence-corrected chi connectivity index (χ0v) is 24.4. The number of ether oxygens (including phenoxy) is 1. The van der Waals surface area contributed by atoms with Gasteiger partial charge in [-0.15, -0.1) is 0 Å². The predicted molar refractivity (Wildman–Crippen MR) is 165 cm³/mol. The first-order chi connectivity index (χ1) is 21.0. The van der Waals surface area contributed by atoms with Crippen molar-refractivity contribution in [3.63, 3.8) is 0 Å². The van der Waals surface area contributed by atoms with Crippen LogP contribution in [0.4, 0.5) is 0 Å². The van der Waals surface area contributed by atoms with Gasteiger partial charge in [-0.1, -0.05) is 97.1 Å². The predicted octanol–water partition coefficient (Wildman–Crippen LogP) is 4.94. The van der Waals surface area contributed by atoms with E-state index in [2.05, 4.69) is 5.32 Å². The van der Waals surface area contributed by atoms with Crippen LogP contribution < -0.4 is 5.32 Å². The smallest absolute Gasteiger partial charge is 0.309 e. The van der Waals surface area contributed by atoms with E-state index >= 15 is 0 Å². The van der Waals surface area contributed by atoms with Crippen molar-refractivity contribution in [2.24, 2.45) is 11.8 Å². The highest BCUT2D eigenvalue weighted by atomic mass is 16.5. The summed E-state index contributed by atoms with van der Waals surface area (Å²) in [7, 11) is 0. The highest BCUT2D eigenvalue weighted by molar-refractivity contribution is 5.86. The van der Waals surface area contributed by atoms with Gasteiger partial charge in [0.1, 0.15) is 6.10 Å². The van der Waals surface area contributed by atoms with E-state index in [0.29, 0.717) is 38.6 Å². The Hall–Kier alpha value is -4.23. The molecule has 2 aliphatic rings. The molecule has 3 aromatic carbocycles. The number of allylic oxidation sites excluding steroid dienone is 2. The molecule has 224 valence electrons. The molecule has 43 heavy (non-hydrogen) atoms. The van der Waals surface area contributed by atoms with Crippen LogP contribution in [-0.4, -0.2) is 47.0 Å². The summed E-state index contributed by atoms with van der Waals surface area (Å²) in [5.41, 5.74) is 4.08. The SMILES string of the molecule is O=C1NCC(c2ccccc2)OC(=O)C(Cc2ccccc2)CCC=CCC1CC(=O)N1Cc2ccccc2CC1CO. The second-order valence-electron chi connectivity index (χ2n) is 11.5. The summed E-state index contributed by atoms with van der Waals surface area (Å²) < 4.78 is 6.08. The van der Waals surface area contributed by atoms with Crippen LogP contribution in [0.25, 0.3) is 0 Å². The molecular weight excluding hydrogens is 540 g/mol. The fraction of sp³-hybridized carbons (Fsp3) is 0.361. The summed E-state index contributed by atoms with van der Waals surface area (Å²) in [6, 6.07) is 27.0. The summed E-state index contributed by atoms with van der Waals surface area (Å²) in [5.74, 6) is -1.61. The van der Waals surface area contributed by atoms with Gasteiger partial charge in [-0.05, 0) is 54.4 Å². The molecule has 0 bridgehead atoms. The van der Waals surface area contributed by atoms with Crippen molar-refractivity contribution < 1.29 is 24.2 Å². The van der Waals surface area contributed by atoms with Crippen LogP contribution in [0.1, 0.15) is 54.0 Å². The van der Waals surface area contributed by atoms with E-state index < -0.39 is 12.0 Å². The number of aliphatic hydroxyl groups excluding tert-OH is 1. The van der Waals surface area contributed by atoms with E-state index in [1.165, 1.54) is 0 Å². The van der Waals surface area contributed by atoms with Crippen molar-refractivity contribution in [2.75, 3.05) is 13.2 Å². The Balaban J connectivity index is 1.34. The third kappa shape index (κ3) is 7.99. The van der Waals surface area contributed by atoms with Crippen LogP contribution in [0.3, 0.4) is 0 Å². The van der Waals surface area contributed by atoms with Crippen LogP contribution >= 0.6 is 0 Å². The average molecular weight is 581 g/mol. The molecular formula is C36H40N2O5. The molecule has 3 aromatic rings.